The molecule has 4 nitrogen and oxygen atoms in total. The first-order valence-electron chi connectivity index (χ1n) is 11.9. The summed E-state index contributed by atoms with van der Waals surface area (Å²) in [7, 11) is -3.96. The molecule has 0 aliphatic rings. The Morgan fingerprint density at radius 1 is 0.629 bits per heavy atom. The van der Waals surface area contributed by atoms with Crippen molar-refractivity contribution in [1.29, 1.82) is 0 Å². The fourth-order valence-corrected chi connectivity index (χ4v) is 4.55. The molecule has 0 heterocycles. The summed E-state index contributed by atoms with van der Waals surface area (Å²) in [5.41, 5.74) is 4.92. The molecule has 182 valence electrons. The van der Waals surface area contributed by atoms with Crippen LogP contribution in [0.5, 0.6) is 0 Å². The van der Waals surface area contributed by atoms with Crippen LogP contribution in [0.4, 0.5) is 0 Å². The maximum absolute atomic E-state index is 11.7. The van der Waals surface area contributed by atoms with E-state index in [0.29, 0.717) is 0 Å². The minimum absolute atomic E-state index is 0.0979. The van der Waals surface area contributed by atoms with Gasteiger partial charge in [0.15, 0.2) is 0 Å². The van der Waals surface area contributed by atoms with Crippen LogP contribution in [0, 0.1) is 5.92 Å². The summed E-state index contributed by atoms with van der Waals surface area (Å²) >= 11 is 0. The molecule has 0 aliphatic carbocycles. The van der Waals surface area contributed by atoms with Crippen molar-refractivity contribution in [1.82, 2.24) is 0 Å². The molecule has 0 bridgehead atoms. The van der Waals surface area contributed by atoms with E-state index < -0.39 is 7.82 Å². The second kappa shape index (κ2) is 14.4. The van der Waals surface area contributed by atoms with Crippen LogP contribution >= 0.6 is 7.82 Å². The first kappa shape index (κ1) is 26.6. The second-order valence-electron chi connectivity index (χ2n) is 8.16. The van der Waals surface area contributed by atoms with E-state index in [9.17, 15) is 9.46 Å². The van der Waals surface area contributed by atoms with Gasteiger partial charge in [0.1, 0.15) is 0 Å². The molecule has 0 aliphatic heterocycles. The van der Waals surface area contributed by atoms with Crippen LogP contribution < -0.4 is 0 Å². The summed E-state index contributed by atoms with van der Waals surface area (Å²) in [6.07, 6.45) is 1.56. The maximum Gasteiger partial charge on any atom is 0.472 e. The van der Waals surface area contributed by atoms with E-state index >= 15 is 0 Å². The largest absolute Gasteiger partial charge is 0.472 e. The predicted octanol–water partition coefficient (Wildman–Crippen LogP) is 7.60. The summed E-state index contributed by atoms with van der Waals surface area (Å²) < 4.78 is 21.7. The lowest BCUT2D eigenvalue weighted by Crippen LogP contribution is -2.15. The zero-order chi connectivity index (χ0) is 24.8. The quantitative estimate of drug-likeness (QED) is 0.234. The van der Waals surface area contributed by atoms with Gasteiger partial charge in [-0.2, -0.15) is 0 Å². The number of rotatable bonds is 10. The van der Waals surface area contributed by atoms with E-state index in [2.05, 4.69) is 72.8 Å². The van der Waals surface area contributed by atoms with Gasteiger partial charge < -0.3 is 4.89 Å². The molecule has 0 fully saturated rings. The van der Waals surface area contributed by atoms with Crippen LogP contribution in [0.2, 0.25) is 0 Å². The molecule has 35 heavy (non-hydrogen) atoms. The molecule has 0 spiro atoms. The Labute approximate surface area is 208 Å². The van der Waals surface area contributed by atoms with Gasteiger partial charge in [-0.1, -0.05) is 121 Å². The molecule has 5 heteroatoms. The van der Waals surface area contributed by atoms with Crippen molar-refractivity contribution < 1.29 is 18.5 Å². The lowest BCUT2D eigenvalue weighted by molar-refractivity contribution is 0.135. The number of phosphoric acid groups is 1. The average Bonchev–Trinajstić information content (AvgIpc) is 2.90. The van der Waals surface area contributed by atoms with Crippen molar-refractivity contribution in [2.45, 2.75) is 19.8 Å². The highest BCUT2D eigenvalue weighted by Gasteiger charge is 2.23. The Morgan fingerprint density at radius 2 is 1.00 bits per heavy atom. The first-order valence-corrected chi connectivity index (χ1v) is 13.4. The predicted molar refractivity (Wildman–Crippen MR) is 143 cm³/mol. The van der Waals surface area contributed by atoms with Crippen LogP contribution in [0.3, 0.4) is 0 Å². The number of benzene rings is 4. The van der Waals surface area contributed by atoms with Crippen LogP contribution in [-0.4, -0.2) is 18.1 Å². The van der Waals surface area contributed by atoms with Gasteiger partial charge in [-0.3, -0.25) is 9.05 Å². The van der Waals surface area contributed by atoms with Gasteiger partial charge in [0, 0.05) is 0 Å². The van der Waals surface area contributed by atoms with Crippen molar-refractivity contribution in [2.75, 3.05) is 13.2 Å². The van der Waals surface area contributed by atoms with Gasteiger partial charge in [0.25, 0.3) is 0 Å². The van der Waals surface area contributed by atoms with Crippen LogP contribution in [0.1, 0.15) is 18.1 Å². The summed E-state index contributed by atoms with van der Waals surface area (Å²) in [5, 5.41) is 0. The summed E-state index contributed by atoms with van der Waals surface area (Å²) in [5.74, 6) is 0.0979. The number of phosphoric ester groups is 1. The van der Waals surface area contributed by atoms with Crippen molar-refractivity contribution in [3.63, 3.8) is 0 Å². The second-order valence-corrected chi connectivity index (χ2v) is 9.61. The first-order chi connectivity index (χ1) is 17.1. The zero-order valence-electron chi connectivity index (χ0n) is 20.1. The fourth-order valence-electron chi connectivity index (χ4n) is 3.75. The van der Waals surface area contributed by atoms with Crippen molar-refractivity contribution in [2.24, 2.45) is 5.92 Å². The lowest BCUT2D eigenvalue weighted by Gasteiger charge is -2.19. The monoisotopic (exact) mass is 488 g/mol. The molecule has 0 aromatic heterocycles. The van der Waals surface area contributed by atoms with Crippen LogP contribution in [0.25, 0.3) is 11.1 Å². The molecule has 4 aromatic rings. The number of hydrogen-bond acceptors (Lipinski definition) is 3. The van der Waals surface area contributed by atoms with Gasteiger partial charge >= 0.3 is 7.82 Å². The lowest BCUT2D eigenvalue weighted by atomic mass is 9.93. The molecule has 1 unspecified atom stereocenters. The van der Waals surface area contributed by atoms with Gasteiger partial charge in [-0.25, -0.2) is 4.57 Å². The summed E-state index contributed by atoms with van der Waals surface area (Å²) in [6.45, 7) is 1.99. The topological polar surface area (TPSA) is 55.8 Å². The third-order valence-electron chi connectivity index (χ3n) is 5.38. The molecule has 0 amide bonds. The summed E-state index contributed by atoms with van der Waals surface area (Å²) in [6, 6.07) is 40.9. The third kappa shape index (κ3) is 10.0. The molecule has 1 N–H and O–H groups in total. The SMILES string of the molecule is CCOP(=O)(O)OCC(Cc1ccccc1)Cc1ccccc1.c1ccc(-c2ccccc2)cc1. The van der Waals surface area contributed by atoms with E-state index in [0.717, 1.165) is 12.8 Å². The maximum atomic E-state index is 11.7. The Balaban J connectivity index is 0.000000237. The smallest absolute Gasteiger partial charge is 0.302 e. The minimum Gasteiger partial charge on any atom is -0.302 e. The Hall–Kier alpha value is -3.01. The minimum atomic E-state index is -3.96. The molecular weight excluding hydrogens is 455 g/mol. The average molecular weight is 489 g/mol. The molecular formula is C30H33O4P. The van der Waals surface area contributed by atoms with E-state index in [-0.39, 0.29) is 19.1 Å². The van der Waals surface area contributed by atoms with Gasteiger partial charge in [0.05, 0.1) is 13.2 Å². The molecule has 0 saturated heterocycles. The molecule has 1 atom stereocenters. The van der Waals surface area contributed by atoms with Crippen molar-refractivity contribution in [3.05, 3.63) is 132 Å². The van der Waals surface area contributed by atoms with Crippen LogP contribution in [0.15, 0.2) is 121 Å². The van der Waals surface area contributed by atoms with Gasteiger partial charge in [0.2, 0.25) is 0 Å². The zero-order valence-corrected chi connectivity index (χ0v) is 21.0. The standard InChI is InChI=1S/C18H23O4P.C12H10/c1-2-21-23(19,20)22-15-18(13-16-9-5-3-6-10-16)14-17-11-7-4-8-12-17;1-3-7-11(8-4-1)12-9-5-2-6-10-12/h3-12,18H,2,13-15H2,1H3,(H,19,20);1-10H. The highest BCUT2D eigenvalue weighted by Crippen LogP contribution is 2.43. The van der Waals surface area contributed by atoms with Crippen molar-refractivity contribution >= 4 is 7.82 Å². The Morgan fingerprint density at radius 3 is 1.37 bits per heavy atom. The van der Waals surface area contributed by atoms with E-state index in [1.165, 1.54) is 22.3 Å². The number of hydrogen-bond donors (Lipinski definition) is 1. The normalized spacial score (nSPS) is 12.4. The van der Waals surface area contributed by atoms with Gasteiger partial charge in [-0.15, -0.1) is 0 Å². The molecule has 0 saturated carbocycles. The van der Waals surface area contributed by atoms with E-state index in [1.807, 2.05) is 48.5 Å². The van der Waals surface area contributed by atoms with Crippen LogP contribution in [-0.2, 0) is 26.5 Å². The molecule has 4 rings (SSSR count). The van der Waals surface area contributed by atoms with Gasteiger partial charge in [-0.05, 0) is 47.9 Å². The highest BCUT2D eigenvalue weighted by molar-refractivity contribution is 7.47. The Bertz CT molecular complexity index is 1060. The molecule has 0 radical (unpaired) electrons. The third-order valence-corrected chi connectivity index (χ3v) is 6.44. The van der Waals surface area contributed by atoms with Crippen molar-refractivity contribution in [3.8, 4) is 11.1 Å². The Kier molecular flexibility index (Phi) is 10.9. The molecule has 4 aromatic carbocycles. The fraction of sp³-hybridized carbons (Fsp3) is 0.200. The summed E-state index contributed by atoms with van der Waals surface area (Å²) in [4.78, 5) is 9.61. The van der Waals surface area contributed by atoms with E-state index in [1.54, 1.807) is 6.92 Å². The highest BCUT2D eigenvalue weighted by atomic mass is 31.2. The van der Waals surface area contributed by atoms with E-state index in [4.69, 9.17) is 9.05 Å².